The number of amides is 1. The number of rotatable bonds is 4. The number of nitrogens with one attached hydrogen (secondary N) is 2. The van der Waals surface area contributed by atoms with Crippen molar-refractivity contribution in [3.05, 3.63) is 84.3 Å². The zero-order valence-electron chi connectivity index (χ0n) is 17.2. The molecule has 6 nitrogen and oxygen atoms in total. The van der Waals surface area contributed by atoms with E-state index in [4.69, 9.17) is 0 Å². The summed E-state index contributed by atoms with van der Waals surface area (Å²) in [5.74, 6) is 0.0538. The highest BCUT2D eigenvalue weighted by Crippen LogP contribution is 2.30. The van der Waals surface area contributed by atoms with Gasteiger partial charge in [-0.1, -0.05) is 57.2 Å². The minimum Gasteiger partial charge on any atom is -0.324 e. The quantitative estimate of drug-likeness (QED) is 0.487. The number of pyridine rings is 1. The van der Waals surface area contributed by atoms with Crippen LogP contribution in [-0.2, 0) is 5.41 Å². The lowest BCUT2D eigenvalue weighted by molar-refractivity contribution is 0.102. The third kappa shape index (κ3) is 4.12. The van der Waals surface area contributed by atoms with Gasteiger partial charge in [0.2, 0.25) is 5.95 Å². The normalized spacial score (nSPS) is 11.3. The third-order valence-corrected chi connectivity index (χ3v) is 4.75. The number of benzene rings is 2. The molecule has 2 aromatic carbocycles. The number of para-hydroxylation sites is 2. The molecule has 30 heavy (non-hydrogen) atoms. The summed E-state index contributed by atoms with van der Waals surface area (Å²) in [4.78, 5) is 25.9. The second-order valence-corrected chi connectivity index (χ2v) is 8.02. The monoisotopic (exact) mass is 397 g/mol. The lowest BCUT2D eigenvalue weighted by Crippen LogP contribution is -2.16. The molecule has 0 saturated heterocycles. The second kappa shape index (κ2) is 7.91. The number of fused-ring (bicyclic) bond motifs is 1. The molecule has 0 aliphatic rings. The molecular weight excluding hydrogens is 374 g/mol. The number of anilines is 3. The lowest BCUT2D eigenvalue weighted by atomic mass is 9.86. The predicted molar refractivity (Wildman–Crippen MR) is 120 cm³/mol. The summed E-state index contributed by atoms with van der Waals surface area (Å²) in [5.41, 5.74) is 3.67. The maximum absolute atomic E-state index is 12.8. The number of hydrogen-bond acceptors (Lipinski definition) is 5. The molecule has 6 heteroatoms. The van der Waals surface area contributed by atoms with E-state index in [0.29, 0.717) is 11.6 Å². The second-order valence-electron chi connectivity index (χ2n) is 8.02. The Labute approximate surface area is 175 Å². The van der Waals surface area contributed by atoms with Crippen molar-refractivity contribution in [3.8, 4) is 0 Å². The van der Waals surface area contributed by atoms with Gasteiger partial charge in [-0.05, 0) is 35.2 Å². The molecule has 4 rings (SSSR count). The van der Waals surface area contributed by atoms with Crippen LogP contribution in [0.15, 0.2) is 73.1 Å². The molecule has 2 heterocycles. The SMILES string of the molecule is CC(C)(C)c1ccccc1Nc1nccc(C(=O)Nc2cccc3cccnc23)n1. The molecule has 1 amide bonds. The molecule has 0 fully saturated rings. The van der Waals surface area contributed by atoms with Gasteiger partial charge < -0.3 is 10.6 Å². The summed E-state index contributed by atoms with van der Waals surface area (Å²) in [6.45, 7) is 6.45. The van der Waals surface area contributed by atoms with Gasteiger partial charge in [0.25, 0.3) is 5.91 Å². The standard InChI is InChI=1S/C24H23N5O/c1-24(2,3)17-10-4-5-11-18(17)28-23-26-15-13-20(29-23)22(30)27-19-12-6-8-16-9-7-14-25-21(16)19/h4-15H,1-3H3,(H,27,30)(H,26,28,29). The van der Waals surface area contributed by atoms with E-state index in [0.717, 1.165) is 22.2 Å². The van der Waals surface area contributed by atoms with Gasteiger partial charge in [-0.3, -0.25) is 9.78 Å². The van der Waals surface area contributed by atoms with Crippen LogP contribution in [0.3, 0.4) is 0 Å². The van der Waals surface area contributed by atoms with Gasteiger partial charge in [-0.25, -0.2) is 9.97 Å². The molecule has 2 aromatic heterocycles. The molecule has 0 spiro atoms. The molecule has 4 aromatic rings. The number of nitrogens with zero attached hydrogens (tertiary/aromatic N) is 3. The highest BCUT2D eigenvalue weighted by Gasteiger charge is 2.18. The average Bonchev–Trinajstić information content (AvgIpc) is 2.74. The Bertz CT molecular complexity index is 1210. The number of carbonyl (C=O) groups excluding carboxylic acids is 1. The van der Waals surface area contributed by atoms with E-state index < -0.39 is 0 Å². The minimum atomic E-state index is -0.317. The van der Waals surface area contributed by atoms with Crippen LogP contribution >= 0.6 is 0 Å². The fourth-order valence-electron chi connectivity index (χ4n) is 3.30. The summed E-state index contributed by atoms with van der Waals surface area (Å²) >= 11 is 0. The van der Waals surface area contributed by atoms with Gasteiger partial charge in [0, 0.05) is 23.5 Å². The Hall–Kier alpha value is -3.80. The van der Waals surface area contributed by atoms with Gasteiger partial charge in [-0.2, -0.15) is 0 Å². The molecule has 0 aliphatic carbocycles. The Morgan fingerprint density at radius 2 is 1.60 bits per heavy atom. The Morgan fingerprint density at radius 1 is 0.833 bits per heavy atom. The van der Waals surface area contributed by atoms with Crippen LogP contribution in [0.2, 0.25) is 0 Å². The first kappa shape index (κ1) is 19.5. The van der Waals surface area contributed by atoms with E-state index in [1.54, 1.807) is 18.5 Å². The average molecular weight is 397 g/mol. The van der Waals surface area contributed by atoms with Crippen LogP contribution in [-0.4, -0.2) is 20.9 Å². The maximum Gasteiger partial charge on any atom is 0.274 e. The van der Waals surface area contributed by atoms with E-state index in [2.05, 4.69) is 52.4 Å². The van der Waals surface area contributed by atoms with Crippen LogP contribution in [0.1, 0.15) is 36.8 Å². The van der Waals surface area contributed by atoms with Crippen molar-refractivity contribution >= 4 is 34.1 Å². The van der Waals surface area contributed by atoms with E-state index in [1.807, 2.05) is 48.5 Å². The van der Waals surface area contributed by atoms with Crippen LogP contribution in [0.5, 0.6) is 0 Å². The molecule has 2 N–H and O–H groups in total. The fourth-order valence-corrected chi connectivity index (χ4v) is 3.30. The number of aromatic nitrogens is 3. The number of carbonyl (C=O) groups is 1. The molecule has 150 valence electrons. The topological polar surface area (TPSA) is 79.8 Å². The van der Waals surface area contributed by atoms with Crippen LogP contribution < -0.4 is 10.6 Å². The van der Waals surface area contributed by atoms with Crippen LogP contribution in [0.4, 0.5) is 17.3 Å². The van der Waals surface area contributed by atoms with Gasteiger partial charge in [0.1, 0.15) is 5.69 Å². The van der Waals surface area contributed by atoms with Crippen molar-refractivity contribution in [2.45, 2.75) is 26.2 Å². The van der Waals surface area contributed by atoms with Crippen LogP contribution in [0, 0.1) is 0 Å². The summed E-state index contributed by atoms with van der Waals surface area (Å²) in [6, 6.07) is 19.1. The van der Waals surface area contributed by atoms with Crippen molar-refractivity contribution in [1.29, 1.82) is 0 Å². The predicted octanol–water partition coefficient (Wildman–Crippen LogP) is 5.32. The molecule has 0 atom stereocenters. The molecule has 0 bridgehead atoms. The fraction of sp³-hybridized carbons (Fsp3) is 0.167. The molecule has 0 aliphatic heterocycles. The summed E-state index contributed by atoms with van der Waals surface area (Å²) in [7, 11) is 0. The van der Waals surface area contributed by atoms with Crippen molar-refractivity contribution < 1.29 is 4.79 Å². The van der Waals surface area contributed by atoms with Crippen molar-refractivity contribution in [3.63, 3.8) is 0 Å². The highest BCUT2D eigenvalue weighted by atomic mass is 16.1. The Balaban J connectivity index is 1.59. The Morgan fingerprint density at radius 3 is 2.43 bits per heavy atom. The lowest BCUT2D eigenvalue weighted by Gasteiger charge is -2.23. The largest absolute Gasteiger partial charge is 0.324 e. The van der Waals surface area contributed by atoms with Gasteiger partial charge >= 0.3 is 0 Å². The van der Waals surface area contributed by atoms with Gasteiger partial charge in [0.05, 0.1) is 11.2 Å². The van der Waals surface area contributed by atoms with E-state index >= 15 is 0 Å². The zero-order valence-corrected chi connectivity index (χ0v) is 17.2. The first-order valence-corrected chi connectivity index (χ1v) is 9.76. The number of hydrogen-bond donors (Lipinski definition) is 2. The molecule has 0 saturated carbocycles. The van der Waals surface area contributed by atoms with E-state index in [-0.39, 0.29) is 17.0 Å². The van der Waals surface area contributed by atoms with Crippen molar-refractivity contribution in [1.82, 2.24) is 15.0 Å². The molecule has 0 radical (unpaired) electrons. The first-order chi connectivity index (χ1) is 14.4. The molecule has 0 unspecified atom stereocenters. The first-order valence-electron chi connectivity index (χ1n) is 9.76. The summed E-state index contributed by atoms with van der Waals surface area (Å²) in [5, 5.41) is 7.12. The van der Waals surface area contributed by atoms with Crippen LogP contribution in [0.25, 0.3) is 10.9 Å². The van der Waals surface area contributed by atoms with E-state index in [9.17, 15) is 4.79 Å². The van der Waals surface area contributed by atoms with Gasteiger partial charge in [0.15, 0.2) is 0 Å². The third-order valence-electron chi connectivity index (χ3n) is 4.75. The maximum atomic E-state index is 12.8. The minimum absolute atomic E-state index is 0.0417. The van der Waals surface area contributed by atoms with Crippen molar-refractivity contribution in [2.24, 2.45) is 0 Å². The summed E-state index contributed by atoms with van der Waals surface area (Å²) < 4.78 is 0. The highest BCUT2D eigenvalue weighted by molar-refractivity contribution is 6.07. The Kier molecular flexibility index (Phi) is 5.14. The smallest absolute Gasteiger partial charge is 0.274 e. The van der Waals surface area contributed by atoms with Gasteiger partial charge in [-0.15, -0.1) is 0 Å². The molecular formula is C24H23N5O. The van der Waals surface area contributed by atoms with Crippen molar-refractivity contribution in [2.75, 3.05) is 10.6 Å². The van der Waals surface area contributed by atoms with E-state index in [1.165, 1.54) is 0 Å². The summed E-state index contributed by atoms with van der Waals surface area (Å²) in [6.07, 6.45) is 3.28. The zero-order chi connectivity index (χ0) is 21.1.